The van der Waals surface area contributed by atoms with Gasteiger partial charge in [0.2, 0.25) is 0 Å². The number of fused-ring (bicyclic) bond motifs is 1. The zero-order chi connectivity index (χ0) is 18.5. The summed E-state index contributed by atoms with van der Waals surface area (Å²) in [5, 5.41) is 3.95. The minimum absolute atomic E-state index is 0.156. The minimum atomic E-state index is -0.455. The van der Waals surface area contributed by atoms with Crippen LogP contribution >= 0.6 is 0 Å². The van der Waals surface area contributed by atoms with Crippen molar-refractivity contribution >= 4 is 16.7 Å². The molecule has 0 saturated heterocycles. The Morgan fingerprint density at radius 1 is 1.12 bits per heavy atom. The van der Waals surface area contributed by atoms with E-state index in [9.17, 15) is 8.78 Å². The summed E-state index contributed by atoms with van der Waals surface area (Å²) in [6.45, 7) is 2.11. The molecular formula is C19H20F2N4O. The van der Waals surface area contributed by atoms with E-state index in [1.165, 1.54) is 31.6 Å². The summed E-state index contributed by atoms with van der Waals surface area (Å²) in [7, 11) is 3.41. The van der Waals surface area contributed by atoms with Gasteiger partial charge in [-0.2, -0.15) is 0 Å². The second-order valence-corrected chi connectivity index (χ2v) is 6.02. The number of likely N-dealkylation sites (N-methyl/N-ethyl adjacent to an activating group) is 1. The van der Waals surface area contributed by atoms with Crippen molar-refractivity contribution in [1.82, 2.24) is 14.9 Å². The molecule has 0 fully saturated rings. The van der Waals surface area contributed by atoms with Crippen LogP contribution in [0.3, 0.4) is 0 Å². The lowest BCUT2D eigenvalue weighted by Gasteiger charge is -2.17. The molecule has 0 saturated carbocycles. The average Bonchev–Trinajstić information content (AvgIpc) is 2.63. The fourth-order valence-electron chi connectivity index (χ4n) is 2.70. The van der Waals surface area contributed by atoms with Crippen molar-refractivity contribution in [2.75, 3.05) is 32.6 Å². The molecule has 0 radical (unpaired) electrons. The number of hydrogen-bond acceptors (Lipinski definition) is 5. The number of halogens is 2. The normalized spacial score (nSPS) is 11.1. The van der Waals surface area contributed by atoms with Crippen molar-refractivity contribution in [2.24, 2.45) is 0 Å². The van der Waals surface area contributed by atoms with Gasteiger partial charge >= 0.3 is 0 Å². The first-order valence-electron chi connectivity index (χ1n) is 8.22. The maximum atomic E-state index is 13.8. The maximum absolute atomic E-state index is 13.8. The first kappa shape index (κ1) is 18.0. The predicted octanol–water partition coefficient (Wildman–Crippen LogP) is 3.46. The number of hydrogen-bond donors (Lipinski definition) is 1. The Balaban J connectivity index is 1.63. The molecule has 136 valence electrons. The Morgan fingerprint density at radius 2 is 1.88 bits per heavy atom. The summed E-state index contributed by atoms with van der Waals surface area (Å²) < 4.78 is 31.8. The Bertz CT molecular complexity index is 887. The molecule has 1 aromatic heterocycles. The highest BCUT2D eigenvalue weighted by Crippen LogP contribution is 2.27. The summed E-state index contributed by atoms with van der Waals surface area (Å²) >= 11 is 0. The van der Waals surface area contributed by atoms with Crippen molar-refractivity contribution in [3.8, 4) is 5.75 Å². The minimum Gasteiger partial charge on any atom is -0.494 e. The zero-order valence-corrected chi connectivity index (χ0v) is 14.7. The number of methoxy groups -OCH3 is 1. The van der Waals surface area contributed by atoms with Crippen molar-refractivity contribution in [3.63, 3.8) is 0 Å². The molecule has 7 heteroatoms. The van der Waals surface area contributed by atoms with Gasteiger partial charge < -0.3 is 15.0 Å². The lowest BCUT2D eigenvalue weighted by atomic mass is 10.2. The second-order valence-electron chi connectivity index (χ2n) is 6.02. The van der Waals surface area contributed by atoms with E-state index in [0.29, 0.717) is 29.8 Å². The molecule has 3 aromatic rings. The third-order valence-electron chi connectivity index (χ3n) is 4.06. The molecule has 0 bridgehead atoms. The molecule has 0 spiro atoms. The van der Waals surface area contributed by atoms with Gasteiger partial charge in [-0.25, -0.2) is 18.7 Å². The fraction of sp³-hybridized carbons (Fsp3) is 0.263. The number of nitrogens with zero attached hydrogens (tertiary/aromatic N) is 3. The largest absolute Gasteiger partial charge is 0.494 e. The zero-order valence-electron chi connectivity index (χ0n) is 14.7. The summed E-state index contributed by atoms with van der Waals surface area (Å²) in [5.74, 6) is 0.0940. The fourth-order valence-corrected chi connectivity index (χ4v) is 2.70. The molecule has 1 heterocycles. The first-order chi connectivity index (χ1) is 12.6. The third kappa shape index (κ3) is 4.23. The van der Waals surface area contributed by atoms with Crippen LogP contribution in [-0.4, -0.2) is 42.1 Å². The summed E-state index contributed by atoms with van der Waals surface area (Å²) in [4.78, 5) is 10.5. The Hall–Kier alpha value is -2.80. The number of rotatable bonds is 7. The first-order valence-corrected chi connectivity index (χ1v) is 8.22. The van der Waals surface area contributed by atoms with Crippen LogP contribution in [0.25, 0.3) is 10.9 Å². The van der Waals surface area contributed by atoms with Crippen LogP contribution in [0.15, 0.2) is 42.7 Å². The molecule has 3 rings (SSSR count). The van der Waals surface area contributed by atoms with Gasteiger partial charge in [-0.15, -0.1) is 0 Å². The SMILES string of the molecule is COc1cc2c(NCCN(C)Cc3ccc(F)cc3)ncnc2cc1F. The Morgan fingerprint density at radius 3 is 2.62 bits per heavy atom. The number of anilines is 1. The lowest BCUT2D eigenvalue weighted by molar-refractivity contribution is 0.339. The molecule has 0 amide bonds. The van der Waals surface area contributed by atoms with Crippen LogP contribution in [-0.2, 0) is 6.54 Å². The van der Waals surface area contributed by atoms with Crippen LogP contribution < -0.4 is 10.1 Å². The van der Waals surface area contributed by atoms with Gasteiger partial charge in [-0.1, -0.05) is 12.1 Å². The topological polar surface area (TPSA) is 50.3 Å². The highest BCUT2D eigenvalue weighted by atomic mass is 19.1. The quantitative estimate of drug-likeness (QED) is 0.701. The van der Waals surface area contributed by atoms with E-state index in [4.69, 9.17) is 4.74 Å². The molecule has 0 aliphatic carbocycles. The third-order valence-corrected chi connectivity index (χ3v) is 4.06. The van der Waals surface area contributed by atoms with Gasteiger partial charge in [0.15, 0.2) is 11.6 Å². The molecule has 0 unspecified atom stereocenters. The Labute approximate surface area is 150 Å². The summed E-state index contributed by atoms with van der Waals surface area (Å²) in [6.07, 6.45) is 1.40. The molecule has 1 N–H and O–H groups in total. The van der Waals surface area contributed by atoms with Gasteiger partial charge in [0.25, 0.3) is 0 Å². The number of aromatic nitrogens is 2. The van der Waals surface area contributed by atoms with E-state index < -0.39 is 5.82 Å². The van der Waals surface area contributed by atoms with Crippen LogP contribution in [0.4, 0.5) is 14.6 Å². The molecule has 26 heavy (non-hydrogen) atoms. The maximum Gasteiger partial charge on any atom is 0.167 e. The van der Waals surface area contributed by atoms with Crippen LogP contribution in [0.5, 0.6) is 5.75 Å². The highest BCUT2D eigenvalue weighted by Gasteiger charge is 2.10. The molecule has 0 aliphatic rings. The van der Waals surface area contributed by atoms with Gasteiger partial charge in [0.05, 0.1) is 12.6 Å². The van der Waals surface area contributed by atoms with Crippen LogP contribution in [0.2, 0.25) is 0 Å². The van der Waals surface area contributed by atoms with Crippen LogP contribution in [0.1, 0.15) is 5.56 Å². The van der Waals surface area contributed by atoms with E-state index >= 15 is 0 Å². The van der Waals surface area contributed by atoms with E-state index in [0.717, 1.165) is 12.1 Å². The lowest BCUT2D eigenvalue weighted by Crippen LogP contribution is -2.25. The monoisotopic (exact) mass is 358 g/mol. The number of nitrogens with one attached hydrogen (secondary N) is 1. The van der Waals surface area contributed by atoms with E-state index in [2.05, 4.69) is 20.2 Å². The predicted molar refractivity (Wildman–Crippen MR) is 97.3 cm³/mol. The standard InChI is InChI=1S/C19H20F2N4O/c1-25(11-13-3-5-14(20)6-4-13)8-7-22-19-15-9-18(26-2)16(21)10-17(15)23-12-24-19/h3-6,9-10,12H,7-8,11H2,1-2H3,(H,22,23,24). The van der Waals surface area contributed by atoms with Crippen molar-refractivity contribution in [2.45, 2.75) is 6.54 Å². The van der Waals surface area contributed by atoms with Gasteiger partial charge in [0, 0.05) is 31.1 Å². The number of benzene rings is 2. The smallest absolute Gasteiger partial charge is 0.167 e. The van der Waals surface area contributed by atoms with Gasteiger partial charge in [-0.05, 0) is 30.8 Å². The summed E-state index contributed by atoms with van der Waals surface area (Å²) in [6, 6.07) is 9.40. The summed E-state index contributed by atoms with van der Waals surface area (Å²) in [5.41, 5.74) is 1.56. The second kappa shape index (κ2) is 8.05. The number of ether oxygens (including phenoxy) is 1. The molecule has 2 aromatic carbocycles. The van der Waals surface area contributed by atoms with E-state index in [1.807, 2.05) is 7.05 Å². The molecule has 5 nitrogen and oxygen atoms in total. The average molecular weight is 358 g/mol. The van der Waals surface area contributed by atoms with Crippen LogP contribution in [0, 0.1) is 11.6 Å². The molecular weight excluding hydrogens is 338 g/mol. The van der Waals surface area contributed by atoms with Gasteiger partial charge in [-0.3, -0.25) is 0 Å². The molecule has 0 atom stereocenters. The van der Waals surface area contributed by atoms with Gasteiger partial charge in [0.1, 0.15) is 18.0 Å². The Kier molecular flexibility index (Phi) is 5.58. The molecule has 0 aliphatic heterocycles. The van der Waals surface area contributed by atoms with Crippen molar-refractivity contribution in [1.29, 1.82) is 0 Å². The van der Waals surface area contributed by atoms with Crippen molar-refractivity contribution in [3.05, 3.63) is 59.9 Å². The van der Waals surface area contributed by atoms with E-state index in [-0.39, 0.29) is 11.6 Å². The van der Waals surface area contributed by atoms with E-state index in [1.54, 1.807) is 18.2 Å². The highest BCUT2D eigenvalue weighted by molar-refractivity contribution is 5.90. The van der Waals surface area contributed by atoms with Crippen molar-refractivity contribution < 1.29 is 13.5 Å².